The number of nitrogens with zero attached hydrogens (tertiary/aromatic N) is 2. The Bertz CT molecular complexity index is 651. The van der Waals surface area contributed by atoms with Crippen molar-refractivity contribution in [3.8, 4) is 0 Å². The summed E-state index contributed by atoms with van der Waals surface area (Å²) < 4.78 is 1.24. The molecule has 1 aromatic carbocycles. The van der Waals surface area contributed by atoms with Crippen LogP contribution in [0.4, 0.5) is 5.82 Å². The lowest BCUT2D eigenvalue weighted by Crippen LogP contribution is -2.32. The van der Waals surface area contributed by atoms with Crippen LogP contribution in [0.3, 0.4) is 0 Å². The van der Waals surface area contributed by atoms with E-state index >= 15 is 0 Å². The van der Waals surface area contributed by atoms with Gasteiger partial charge in [-0.2, -0.15) is 0 Å². The number of rotatable bonds is 5. The molecule has 0 aliphatic rings. The van der Waals surface area contributed by atoms with Gasteiger partial charge < -0.3 is 21.2 Å². The summed E-state index contributed by atoms with van der Waals surface area (Å²) in [4.78, 5) is 22.2. The van der Waals surface area contributed by atoms with E-state index in [1.807, 2.05) is 30.3 Å². The van der Waals surface area contributed by atoms with Crippen molar-refractivity contribution in [1.82, 2.24) is 9.88 Å². The standard InChI is InChI=1S/C14H16N4O3/c1-17-12(7-8-13(17)18(20)21)14(19)16-9-11(15)10-5-3-2-4-6-10/h2-8,11H,9,15H2,1H3,(H,16,19). The van der Waals surface area contributed by atoms with E-state index in [1.54, 1.807) is 0 Å². The van der Waals surface area contributed by atoms with Crippen LogP contribution in [-0.4, -0.2) is 21.9 Å². The lowest BCUT2D eigenvalue weighted by atomic mass is 10.1. The third kappa shape index (κ3) is 3.26. The number of nitrogens with two attached hydrogens (primary N) is 1. The number of carbonyl (C=O) groups excluding carboxylic acids is 1. The molecule has 21 heavy (non-hydrogen) atoms. The fraction of sp³-hybridized carbons (Fsp3) is 0.214. The highest BCUT2D eigenvalue weighted by molar-refractivity contribution is 5.93. The second-order valence-corrected chi connectivity index (χ2v) is 4.62. The van der Waals surface area contributed by atoms with Gasteiger partial charge in [-0.3, -0.25) is 4.79 Å². The Morgan fingerprint density at radius 2 is 2.00 bits per heavy atom. The van der Waals surface area contributed by atoms with Crippen molar-refractivity contribution in [3.63, 3.8) is 0 Å². The molecule has 0 saturated heterocycles. The first kappa shape index (κ1) is 14.7. The number of hydrogen-bond acceptors (Lipinski definition) is 4. The van der Waals surface area contributed by atoms with Crippen molar-refractivity contribution in [1.29, 1.82) is 0 Å². The molecule has 2 aromatic rings. The lowest BCUT2D eigenvalue weighted by Gasteiger charge is -2.12. The van der Waals surface area contributed by atoms with E-state index in [0.29, 0.717) is 0 Å². The van der Waals surface area contributed by atoms with E-state index in [9.17, 15) is 14.9 Å². The summed E-state index contributed by atoms with van der Waals surface area (Å²) in [6.07, 6.45) is 0. The Hall–Kier alpha value is -2.67. The lowest BCUT2D eigenvalue weighted by molar-refractivity contribution is -0.391. The van der Waals surface area contributed by atoms with Gasteiger partial charge in [-0.25, -0.2) is 4.57 Å². The maximum absolute atomic E-state index is 12.0. The fourth-order valence-corrected chi connectivity index (χ4v) is 2.02. The minimum absolute atomic E-state index is 0.132. The molecule has 0 aliphatic carbocycles. The SMILES string of the molecule is Cn1c(C(=O)NCC(N)c2ccccc2)ccc1[N+](=O)[O-]. The maximum atomic E-state index is 12.0. The Kier molecular flexibility index (Phi) is 4.34. The molecule has 0 radical (unpaired) electrons. The quantitative estimate of drug-likeness (QED) is 0.640. The molecule has 7 nitrogen and oxygen atoms in total. The first-order valence-electron chi connectivity index (χ1n) is 6.39. The first-order chi connectivity index (χ1) is 10.0. The summed E-state index contributed by atoms with van der Waals surface area (Å²) >= 11 is 0. The molecule has 3 N–H and O–H groups in total. The summed E-state index contributed by atoms with van der Waals surface area (Å²) in [6, 6.07) is 11.8. The number of nitro groups is 1. The highest BCUT2D eigenvalue weighted by Gasteiger charge is 2.20. The van der Waals surface area contributed by atoms with Crippen molar-refractivity contribution in [2.75, 3.05) is 6.54 Å². The van der Waals surface area contributed by atoms with Crippen LogP contribution in [0, 0.1) is 10.1 Å². The van der Waals surface area contributed by atoms with E-state index in [2.05, 4.69) is 5.32 Å². The van der Waals surface area contributed by atoms with Gasteiger partial charge in [0.25, 0.3) is 5.91 Å². The summed E-state index contributed by atoms with van der Waals surface area (Å²) in [5, 5.41) is 13.4. The minimum atomic E-state index is -0.535. The van der Waals surface area contributed by atoms with Crippen molar-refractivity contribution < 1.29 is 9.72 Å². The molecule has 2 rings (SSSR count). The third-order valence-electron chi connectivity index (χ3n) is 3.23. The zero-order valence-electron chi connectivity index (χ0n) is 11.5. The number of benzene rings is 1. The molecule has 1 heterocycles. The first-order valence-corrected chi connectivity index (χ1v) is 6.39. The van der Waals surface area contributed by atoms with Crippen LogP contribution in [0.1, 0.15) is 22.1 Å². The number of hydrogen-bond donors (Lipinski definition) is 2. The molecule has 1 unspecified atom stereocenters. The van der Waals surface area contributed by atoms with Crippen LogP contribution < -0.4 is 11.1 Å². The van der Waals surface area contributed by atoms with Gasteiger partial charge in [0.1, 0.15) is 0 Å². The predicted octanol–water partition coefficient (Wildman–Crippen LogP) is 1.36. The van der Waals surface area contributed by atoms with Crippen molar-refractivity contribution in [2.24, 2.45) is 12.8 Å². The van der Waals surface area contributed by atoms with Crippen molar-refractivity contribution in [3.05, 3.63) is 63.8 Å². The van der Waals surface area contributed by atoms with Crippen LogP contribution in [0.5, 0.6) is 0 Å². The minimum Gasteiger partial charge on any atom is -0.358 e. The molecule has 1 atom stereocenters. The molecular formula is C14H16N4O3. The second-order valence-electron chi connectivity index (χ2n) is 4.62. The molecule has 1 aromatic heterocycles. The highest BCUT2D eigenvalue weighted by atomic mass is 16.6. The van der Waals surface area contributed by atoms with Gasteiger partial charge in [0.2, 0.25) is 0 Å². The van der Waals surface area contributed by atoms with Crippen LogP contribution >= 0.6 is 0 Å². The van der Waals surface area contributed by atoms with Gasteiger partial charge in [0.15, 0.2) is 5.69 Å². The molecule has 0 saturated carbocycles. The molecule has 110 valence electrons. The topological polar surface area (TPSA) is 103 Å². The Morgan fingerprint density at radius 3 is 2.57 bits per heavy atom. The van der Waals surface area contributed by atoms with Gasteiger partial charge in [-0.15, -0.1) is 0 Å². The third-order valence-corrected chi connectivity index (χ3v) is 3.23. The average molecular weight is 288 g/mol. The van der Waals surface area contributed by atoms with E-state index in [0.717, 1.165) is 5.56 Å². The van der Waals surface area contributed by atoms with Gasteiger partial charge in [-0.1, -0.05) is 30.3 Å². The summed E-state index contributed by atoms with van der Waals surface area (Å²) in [5.41, 5.74) is 7.12. The Labute approximate surface area is 121 Å². The highest BCUT2D eigenvalue weighted by Crippen LogP contribution is 2.15. The molecule has 0 aliphatic heterocycles. The van der Waals surface area contributed by atoms with Crippen LogP contribution in [0.25, 0.3) is 0 Å². The molecule has 1 amide bonds. The van der Waals surface area contributed by atoms with Crippen LogP contribution in [0.2, 0.25) is 0 Å². The van der Waals surface area contributed by atoms with E-state index in [4.69, 9.17) is 5.73 Å². The maximum Gasteiger partial charge on any atom is 0.323 e. The number of aromatic nitrogens is 1. The molecule has 7 heteroatoms. The van der Waals surface area contributed by atoms with Crippen LogP contribution in [0.15, 0.2) is 42.5 Å². The van der Waals surface area contributed by atoms with Gasteiger partial charge in [-0.05, 0) is 16.6 Å². The van der Waals surface area contributed by atoms with Gasteiger partial charge in [0.05, 0.1) is 7.05 Å². The molecule has 0 spiro atoms. The van der Waals surface area contributed by atoms with Crippen molar-refractivity contribution in [2.45, 2.75) is 6.04 Å². The zero-order chi connectivity index (χ0) is 15.4. The molecule has 0 fully saturated rings. The predicted molar refractivity (Wildman–Crippen MR) is 77.8 cm³/mol. The number of nitrogens with one attached hydrogen (secondary N) is 1. The molecule has 0 bridgehead atoms. The Morgan fingerprint density at radius 1 is 1.33 bits per heavy atom. The number of amides is 1. The summed E-state index contributed by atoms with van der Waals surface area (Å²) in [5.74, 6) is -0.524. The average Bonchev–Trinajstić information content (AvgIpc) is 2.87. The van der Waals surface area contributed by atoms with Gasteiger partial charge in [0, 0.05) is 18.7 Å². The smallest absolute Gasteiger partial charge is 0.323 e. The van der Waals surface area contributed by atoms with Crippen LogP contribution in [-0.2, 0) is 7.05 Å². The van der Waals surface area contributed by atoms with E-state index < -0.39 is 10.8 Å². The zero-order valence-corrected chi connectivity index (χ0v) is 11.5. The van der Waals surface area contributed by atoms with E-state index in [-0.39, 0.29) is 24.1 Å². The second kappa shape index (κ2) is 6.19. The normalized spacial score (nSPS) is 11.9. The van der Waals surface area contributed by atoms with Crippen molar-refractivity contribution >= 4 is 11.7 Å². The fourth-order valence-electron chi connectivity index (χ4n) is 2.02. The summed E-state index contributed by atoms with van der Waals surface area (Å²) in [6.45, 7) is 0.252. The monoisotopic (exact) mass is 288 g/mol. The van der Waals surface area contributed by atoms with E-state index in [1.165, 1.54) is 23.7 Å². The molecular weight excluding hydrogens is 272 g/mol. The number of carbonyl (C=O) groups is 1. The summed E-state index contributed by atoms with van der Waals surface area (Å²) in [7, 11) is 1.48. The largest absolute Gasteiger partial charge is 0.358 e. The Balaban J connectivity index is 2.01. The van der Waals surface area contributed by atoms with Gasteiger partial charge >= 0.3 is 5.82 Å².